The Morgan fingerprint density at radius 3 is 2.71 bits per heavy atom. The summed E-state index contributed by atoms with van der Waals surface area (Å²) in [5.74, 6) is -0.0366. The molecule has 0 radical (unpaired) electrons. The molecule has 2 aliphatic heterocycles. The van der Waals surface area contributed by atoms with Crippen LogP contribution in [0.15, 0.2) is 42.7 Å². The van der Waals surface area contributed by atoms with Gasteiger partial charge in [0.25, 0.3) is 0 Å². The summed E-state index contributed by atoms with van der Waals surface area (Å²) in [6.07, 6.45) is 3.99. The molecule has 1 fully saturated rings. The summed E-state index contributed by atoms with van der Waals surface area (Å²) in [6.45, 7) is 1.98. The van der Waals surface area contributed by atoms with Gasteiger partial charge in [0.1, 0.15) is 0 Å². The second kappa shape index (κ2) is 2.61. The van der Waals surface area contributed by atoms with Crippen molar-refractivity contribution in [2.45, 2.75) is 18.8 Å². The molecule has 0 saturated carbocycles. The van der Waals surface area contributed by atoms with Crippen molar-refractivity contribution in [3.8, 4) is 0 Å². The van der Waals surface area contributed by atoms with Gasteiger partial charge in [-0.1, -0.05) is 30.3 Å². The number of ether oxygens (including phenoxy) is 2. The van der Waals surface area contributed by atoms with E-state index in [1.165, 1.54) is 5.56 Å². The smallest absolute Gasteiger partial charge is 0.216 e. The van der Waals surface area contributed by atoms with Gasteiger partial charge in [-0.3, -0.25) is 0 Å². The summed E-state index contributed by atoms with van der Waals surface area (Å²) < 4.78 is 11.1. The molecule has 3 atom stereocenters. The monoisotopic (exact) mass is 188 g/mol. The zero-order valence-corrected chi connectivity index (χ0v) is 8.01. The second-order valence-corrected chi connectivity index (χ2v) is 3.94. The van der Waals surface area contributed by atoms with Crippen LogP contribution in [0, 0.1) is 5.92 Å². The van der Waals surface area contributed by atoms with Crippen LogP contribution in [0.3, 0.4) is 0 Å². The second-order valence-electron chi connectivity index (χ2n) is 3.94. The number of rotatable bonds is 1. The lowest BCUT2D eigenvalue weighted by Crippen LogP contribution is -2.50. The molecule has 0 aromatic heterocycles. The van der Waals surface area contributed by atoms with Crippen molar-refractivity contribution in [1.29, 1.82) is 0 Å². The van der Waals surface area contributed by atoms with Gasteiger partial charge in [-0.05, 0) is 11.6 Å². The van der Waals surface area contributed by atoms with Gasteiger partial charge >= 0.3 is 0 Å². The largest absolute Gasteiger partial charge is 0.470 e. The maximum Gasteiger partial charge on any atom is 0.216 e. The third kappa shape index (κ3) is 0.946. The molecule has 14 heavy (non-hydrogen) atoms. The number of fused-ring (bicyclic) bond motifs is 1. The summed E-state index contributed by atoms with van der Waals surface area (Å²) in [5.41, 5.74) is 1.23. The van der Waals surface area contributed by atoms with Crippen LogP contribution in [0.5, 0.6) is 0 Å². The lowest BCUT2D eigenvalue weighted by Gasteiger charge is -2.47. The van der Waals surface area contributed by atoms with E-state index >= 15 is 0 Å². The SMILES string of the molecule is C[C@]12OC=C[C@H]1[C@H](c1ccccc1)O2. The Hall–Kier alpha value is -1.28. The fourth-order valence-electron chi connectivity index (χ4n) is 2.17. The first-order valence-corrected chi connectivity index (χ1v) is 4.87. The number of hydrogen-bond donors (Lipinski definition) is 0. The van der Waals surface area contributed by atoms with Crippen molar-refractivity contribution >= 4 is 0 Å². The molecule has 2 heterocycles. The van der Waals surface area contributed by atoms with Gasteiger partial charge in [0.15, 0.2) is 0 Å². The van der Waals surface area contributed by atoms with E-state index in [0.29, 0.717) is 5.92 Å². The van der Waals surface area contributed by atoms with Gasteiger partial charge in [-0.25, -0.2) is 0 Å². The topological polar surface area (TPSA) is 18.5 Å². The van der Waals surface area contributed by atoms with E-state index in [1.807, 2.05) is 25.1 Å². The maximum absolute atomic E-state index is 5.75. The van der Waals surface area contributed by atoms with E-state index in [2.05, 4.69) is 18.2 Å². The average molecular weight is 188 g/mol. The van der Waals surface area contributed by atoms with Gasteiger partial charge in [-0.2, -0.15) is 0 Å². The Morgan fingerprint density at radius 1 is 1.21 bits per heavy atom. The maximum atomic E-state index is 5.75. The molecule has 1 aromatic rings. The number of hydrogen-bond acceptors (Lipinski definition) is 2. The highest BCUT2D eigenvalue weighted by Gasteiger charge is 2.55. The van der Waals surface area contributed by atoms with Crippen LogP contribution >= 0.6 is 0 Å². The highest BCUT2D eigenvalue weighted by molar-refractivity contribution is 5.25. The molecule has 2 nitrogen and oxygen atoms in total. The fraction of sp³-hybridized carbons (Fsp3) is 0.333. The van der Waals surface area contributed by atoms with Crippen LogP contribution in [0.4, 0.5) is 0 Å². The molecule has 0 bridgehead atoms. The summed E-state index contributed by atoms with van der Waals surface area (Å²) in [4.78, 5) is 0. The molecule has 72 valence electrons. The van der Waals surface area contributed by atoms with Crippen molar-refractivity contribution in [1.82, 2.24) is 0 Å². The van der Waals surface area contributed by atoms with Gasteiger partial charge in [0.2, 0.25) is 5.79 Å². The van der Waals surface area contributed by atoms with E-state index in [0.717, 1.165) is 0 Å². The molecule has 3 rings (SSSR count). The molecule has 1 saturated heterocycles. The summed E-state index contributed by atoms with van der Waals surface area (Å²) in [5, 5.41) is 0. The molecular formula is C12H12O2. The zero-order valence-electron chi connectivity index (χ0n) is 8.01. The third-order valence-electron chi connectivity index (χ3n) is 3.01. The van der Waals surface area contributed by atoms with Gasteiger partial charge in [0.05, 0.1) is 18.3 Å². The highest BCUT2D eigenvalue weighted by Crippen LogP contribution is 2.52. The predicted molar refractivity (Wildman–Crippen MR) is 52.4 cm³/mol. The molecule has 0 amide bonds. The van der Waals surface area contributed by atoms with Crippen LogP contribution in [-0.2, 0) is 9.47 Å². The molecule has 0 spiro atoms. The lowest BCUT2D eigenvalue weighted by atomic mass is 9.84. The van der Waals surface area contributed by atoms with Crippen LogP contribution in [0.1, 0.15) is 18.6 Å². The Kier molecular flexibility index (Phi) is 1.50. The quantitative estimate of drug-likeness (QED) is 0.674. The lowest BCUT2D eigenvalue weighted by molar-refractivity contribution is -0.334. The predicted octanol–water partition coefficient (Wildman–Crippen LogP) is 2.63. The van der Waals surface area contributed by atoms with Crippen molar-refractivity contribution in [3.63, 3.8) is 0 Å². The molecule has 1 aromatic carbocycles. The van der Waals surface area contributed by atoms with Gasteiger partial charge in [0, 0.05) is 6.92 Å². The standard InChI is InChI=1S/C12H12O2/c1-12-10(7-8-13-12)11(14-12)9-5-3-2-4-6-9/h2-8,10-11H,1H3/t10-,11-,12+/m0/s1. The zero-order chi connectivity index (χ0) is 9.60. The minimum absolute atomic E-state index is 0.167. The van der Waals surface area contributed by atoms with E-state index in [1.54, 1.807) is 6.26 Å². The Labute approximate surface area is 83.1 Å². The average Bonchev–Trinajstić information content (AvgIpc) is 2.48. The Balaban J connectivity index is 1.88. The minimum atomic E-state index is -0.402. The third-order valence-corrected chi connectivity index (χ3v) is 3.01. The van der Waals surface area contributed by atoms with Crippen molar-refractivity contribution in [3.05, 3.63) is 48.2 Å². The Morgan fingerprint density at radius 2 is 2.00 bits per heavy atom. The molecule has 0 unspecified atom stereocenters. The van der Waals surface area contributed by atoms with Crippen molar-refractivity contribution < 1.29 is 9.47 Å². The first kappa shape index (κ1) is 8.06. The minimum Gasteiger partial charge on any atom is -0.470 e. The van der Waals surface area contributed by atoms with Gasteiger partial charge in [-0.15, -0.1) is 0 Å². The van der Waals surface area contributed by atoms with Crippen LogP contribution < -0.4 is 0 Å². The van der Waals surface area contributed by atoms with E-state index < -0.39 is 5.79 Å². The molecule has 2 aliphatic rings. The van der Waals surface area contributed by atoms with Crippen molar-refractivity contribution in [2.75, 3.05) is 0 Å². The summed E-state index contributed by atoms with van der Waals surface area (Å²) in [6, 6.07) is 10.3. The first-order chi connectivity index (χ1) is 6.80. The van der Waals surface area contributed by atoms with Crippen LogP contribution in [-0.4, -0.2) is 5.79 Å². The molecular weight excluding hydrogens is 176 g/mol. The first-order valence-electron chi connectivity index (χ1n) is 4.87. The van der Waals surface area contributed by atoms with Crippen LogP contribution in [0.2, 0.25) is 0 Å². The van der Waals surface area contributed by atoms with E-state index in [4.69, 9.17) is 9.47 Å². The van der Waals surface area contributed by atoms with E-state index in [-0.39, 0.29) is 6.10 Å². The highest BCUT2D eigenvalue weighted by atomic mass is 16.7. The Bertz CT molecular complexity index is 371. The molecule has 0 aliphatic carbocycles. The normalized spacial score (nSPS) is 38.6. The summed E-state index contributed by atoms with van der Waals surface area (Å²) >= 11 is 0. The van der Waals surface area contributed by atoms with Gasteiger partial charge < -0.3 is 9.47 Å². The van der Waals surface area contributed by atoms with Crippen LogP contribution in [0.25, 0.3) is 0 Å². The molecule has 2 heteroatoms. The summed E-state index contributed by atoms with van der Waals surface area (Å²) in [7, 11) is 0. The van der Waals surface area contributed by atoms with E-state index in [9.17, 15) is 0 Å². The fourth-order valence-corrected chi connectivity index (χ4v) is 2.17. The molecule has 0 N–H and O–H groups in total. The number of benzene rings is 1. The van der Waals surface area contributed by atoms with Crippen molar-refractivity contribution in [2.24, 2.45) is 5.92 Å².